The molecule has 2 amide bonds. The first-order valence-corrected chi connectivity index (χ1v) is 10.5. The molecule has 1 aromatic rings. The minimum Gasteiger partial charge on any atom is -0.362 e. The first kappa shape index (κ1) is 28.0. The van der Waals surface area contributed by atoms with E-state index < -0.39 is 11.8 Å². The van der Waals surface area contributed by atoms with Crippen molar-refractivity contribution < 1.29 is 32.0 Å². The van der Waals surface area contributed by atoms with E-state index in [9.17, 15) is 9.59 Å². The number of carbonyl (C=O) groups excluding carboxylic acids is 2. The molecule has 1 heterocycles. The first-order chi connectivity index (χ1) is 15.5. The number of rotatable bonds is 15. The molecule has 0 saturated heterocycles. The van der Waals surface area contributed by atoms with Gasteiger partial charge in [0.1, 0.15) is 0 Å². The molecular weight excluding hydrogens is 581 g/mol. The second-order valence-corrected chi connectivity index (χ2v) is 7.25. The molecule has 0 bridgehead atoms. The molecule has 1 aliphatic heterocycles. The fraction of sp³-hybridized carbons (Fsp3) is 0.231. The Morgan fingerprint density at radius 2 is 1.03 bits per heavy atom. The van der Waals surface area contributed by atoms with Gasteiger partial charge in [-0.15, -0.1) is 39.5 Å². The maximum Gasteiger partial charge on any atom is 0.261 e. The molecule has 1 N–H and O–H groups in total. The van der Waals surface area contributed by atoms with Crippen LogP contribution in [0.15, 0.2) is 82.0 Å². The van der Waals surface area contributed by atoms with Gasteiger partial charge in [-0.2, -0.15) is 0 Å². The Morgan fingerprint density at radius 3 is 1.45 bits per heavy atom. The third-order valence-corrected chi connectivity index (χ3v) is 5.02. The summed E-state index contributed by atoms with van der Waals surface area (Å²) >= 11 is 0. The van der Waals surface area contributed by atoms with Crippen molar-refractivity contribution in [2.45, 2.75) is 0 Å². The van der Waals surface area contributed by atoms with Gasteiger partial charge in [-0.3, -0.25) is 14.9 Å². The minimum absolute atomic E-state index is 0. The molecule has 0 aromatic heterocycles. The molecule has 0 fully saturated rings. The molecule has 33 heavy (non-hydrogen) atoms. The van der Waals surface area contributed by atoms with Crippen LogP contribution in [0.2, 0.25) is 0 Å². The van der Waals surface area contributed by atoms with Gasteiger partial charge < -0.3 is 14.7 Å². The standard InChI is InChI=1S/C26H32N4O2.Ta/c1-7-13-28(14-8-2)21-19-20-22(26(32)27-25(20)31)24(30(17-11-5)18-12-6)23(21)29(15-9-3)16-10-4;/h7-12,19H,1-6,13-18H2,(H,27,31,32);. The summed E-state index contributed by atoms with van der Waals surface area (Å²) < 4.78 is 0. The normalized spacial score (nSPS) is 11.4. The third kappa shape index (κ3) is 6.05. The smallest absolute Gasteiger partial charge is 0.261 e. The van der Waals surface area contributed by atoms with Gasteiger partial charge in [0.15, 0.2) is 0 Å². The number of imide groups is 1. The van der Waals surface area contributed by atoms with Crippen molar-refractivity contribution in [3.05, 3.63) is 93.1 Å². The van der Waals surface area contributed by atoms with E-state index in [0.29, 0.717) is 56.1 Å². The van der Waals surface area contributed by atoms with E-state index in [4.69, 9.17) is 0 Å². The zero-order chi connectivity index (χ0) is 23.7. The maximum absolute atomic E-state index is 12.9. The van der Waals surface area contributed by atoms with Crippen LogP contribution < -0.4 is 20.0 Å². The van der Waals surface area contributed by atoms with Gasteiger partial charge in [0, 0.05) is 61.6 Å². The third-order valence-electron chi connectivity index (χ3n) is 5.02. The van der Waals surface area contributed by atoms with Gasteiger partial charge in [-0.1, -0.05) is 36.5 Å². The number of hydrogen-bond acceptors (Lipinski definition) is 5. The summed E-state index contributed by atoms with van der Waals surface area (Å²) in [6, 6.07) is 1.78. The monoisotopic (exact) mass is 613 g/mol. The van der Waals surface area contributed by atoms with Crippen LogP contribution in [0.25, 0.3) is 0 Å². The zero-order valence-electron chi connectivity index (χ0n) is 19.1. The molecule has 1 radical (unpaired) electrons. The fourth-order valence-corrected chi connectivity index (χ4v) is 3.87. The van der Waals surface area contributed by atoms with Crippen LogP contribution in [0.4, 0.5) is 17.1 Å². The Morgan fingerprint density at radius 1 is 0.636 bits per heavy atom. The molecule has 2 rings (SSSR count). The van der Waals surface area contributed by atoms with Crippen molar-refractivity contribution in [1.82, 2.24) is 5.32 Å². The molecule has 1 aromatic carbocycles. The van der Waals surface area contributed by atoms with Gasteiger partial charge in [0.2, 0.25) is 0 Å². The van der Waals surface area contributed by atoms with Crippen LogP contribution in [0.3, 0.4) is 0 Å². The number of nitrogens with zero attached hydrogens (tertiary/aromatic N) is 3. The van der Waals surface area contributed by atoms with Crippen LogP contribution in [-0.4, -0.2) is 51.1 Å². The summed E-state index contributed by atoms with van der Waals surface area (Å²) in [5, 5.41) is 2.45. The molecule has 6 nitrogen and oxygen atoms in total. The van der Waals surface area contributed by atoms with Gasteiger partial charge in [-0.05, 0) is 6.07 Å². The summed E-state index contributed by atoms with van der Waals surface area (Å²) in [6.45, 7) is 26.3. The predicted molar refractivity (Wildman–Crippen MR) is 136 cm³/mol. The molecule has 1 aliphatic rings. The van der Waals surface area contributed by atoms with Crippen molar-refractivity contribution in [1.29, 1.82) is 0 Å². The van der Waals surface area contributed by atoms with Crippen LogP contribution in [0, 0.1) is 0 Å². The van der Waals surface area contributed by atoms with E-state index in [2.05, 4.69) is 54.6 Å². The Bertz CT molecular complexity index is 924. The number of carbonyl (C=O) groups is 2. The van der Waals surface area contributed by atoms with E-state index in [1.54, 1.807) is 42.5 Å². The van der Waals surface area contributed by atoms with Crippen LogP contribution in [-0.2, 0) is 22.4 Å². The molecule has 173 valence electrons. The van der Waals surface area contributed by atoms with Crippen LogP contribution in [0.5, 0.6) is 0 Å². The number of benzene rings is 1. The van der Waals surface area contributed by atoms with Crippen molar-refractivity contribution in [3.8, 4) is 0 Å². The Kier molecular flexibility index (Phi) is 11.4. The van der Waals surface area contributed by atoms with Gasteiger partial charge in [0.05, 0.1) is 28.2 Å². The minimum atomic E-state index is -0.415. The average molecular weight is 614 g/mol. The molecule has 0 aliphatic carbocycles. The largest absolute Gasteiger partial charge is 0.362 e. The number of nitrogens with one attached hydrogen (secondary N) is 1. The molecule has 0 unspecified atom stereocenters. The van der Waals surface area contributed by atoms with Gasteiger partial charge in [-0.25, -0.2) is 0 Å². The topological polar surface area (TPSA) is 55.9 Å². The van der Waals surface area contributed by atoms with Crippen molar-refractivity contribution >= 4 is 28.9 Å². The van der Waals surface area contributed by atoms with Crippen LogP contribution >= 0.6 is 0 Å². The number of amides is 2. The fourth-order valence-electron chi connectivity index (χ4n) is 3.87. The quantitative estimate of drug-likeness (QED) is 0.239. The van der Waals surface area contributed by atoms with E-state index in [1.807, 2.05) is 4.90 Å². The molecule has 0 saturated carbocycles. The van der Waals surface area contributed by atoms with Gasteiger partial charge in [0.25, 0.3) is 11.8 Å². The second-order valence-electron chi connectivity index (χ2n) is 7.25. The Balaban J connectivity index is 0.00000544. The van der Waals surface area contributed by atoms with Crippen molar-refractivity contribution in [3.63, 3.8) is 0 Å². The first-order valence-electron chi connectivity index (χ1n) is 10.5. The predicted octanol–water partition coefficient (Wildman–Crippen LogP) is 4.10. The summed E-state index contributed by atoms with van der Waals surface area (Å²) in [6.07, 6.45) is 10.7. The summed E-state index contributed by atoms with van der Waals surface area (Å²) in [7, 11) is 0. The van der Waals surface area contributed by atoms with Crippen molar-refractivity contribution in [2.24, 2.45) is 0 Å². The Hall–Kier alpha value is -3.06. The van der Waals surface area contributed by atoms with E-state index in [1.165, 1.54) is 0 Å². The summed E-state index contributed by atoms with van der Waals surface area (Å²) in [5.41, 5.74) is 2.96. The van der Waals surface area contributed by atoms with E-state index in [-0.39, 0.29) is 22.4 Å². The molecule has 0 atom stereocenters. The summed E-state index contributed by atoms with van der Waals surface area (Å²) in [4.78, 5) is 31.8. The van der Waals surface area contributed by atoms with Crippen LogP contribution in [0.1, 0.15) is 20.7 Å². The number of hydrogen-bond donors (Lipinski definition) is 1. The summed E-state index contributed by atoms with van der Waals surface area (Å²) in [5.74, 6) is -0.825. The average Bonchev–Trinajstić information content (AvgIpc) is 3.05. The second kappa shape index (κ2) is 13.5. The van der Waals surface area contributed by atoms with Crippen molar-refractivity contribution in [2.75, 3.05) is 54.0 Å². The maximum atomic E-state index is 12.9. The molecule has 7 heteroatoms. The Labute approximate surface area is 212 Å². The molecule has 0 spiro atoms. The zero-order valence-corrected chi connectivity index (χ0v) is 22.3. The number of fused-ring (bicyclic) bond motifs is 1. The van der Waals surface area contributed by atoms with E-state index >= 15 is 0 Å². The number of anilines is 3. The SMILES string of the molecule is C=CCN(CC=C)c1cc2c(c(N(CC=C)CC=C)c1N(CC=C)CC=C)C(=O)NC2=O.[Ta]. The van der Waals surface area contributed by atoms with E-state index in [0.717, 1.165) is 11.4 Å². The molecular formula is C26H32N4O2Ta. The van der Waals surface area contributed by atoms with Gasteiger partial charge >= 0.3 is 0 Å².